The van der Waals surface area contributed by atoms with Crippen molar-refractivity contribution in [3.05, 3.63) is 35.0 Å². The molecular formula is C12H13ClN2O. The van der Waals surface area contributed by atoms with Gasteiger partial charge in [0.15, 0.2) is 5.78 Å². The van der Waals surface area contributed by atoms with Crippen LogP contribution < -0.4 is 5.73 Å². The fraction of sp³-hybridized carbons (Fsp3) is 0.250. The molecule has 2 rings (SSSR count). The minimum absolute atomic E-state index is 0.0952. The number of H-pyrrole nitrogens is 1. The van der Waals surface area contributed by atoms with Crippen LogP contribution in [-0.2, 0) is 0 Å². The fourth-order valence-electron chi connectivity index (χ4n) is 1.65. The molecule has 0 atom stereocenters. The van der Waals surface area contributed by atoms with Crippen LogP contribution in [0.15, 0.2) is 24.3 Å². The zero-order valence-corrected chi connectivity index (χ0v) is 9.55. The molecule has 0 unspecified atom stereocenters. The molecule has 4 heteroatoms. The molecule has 0 bridgehead atoms. The van der Waals surface area contributed by atoms with Crippen LogP contribution in [0.5, 0.6) is 0 Å². The van der Waals surface area contributed by atoms with Gasteiger partial charge in [-0.1, -0.05) is 11.6 Å². The van der Waals surface area contributed by atoms with Crippen molar-refractivity contribution in [2.75, 3.05) is 6.54 Å². The fourth-order valence-corrected chi connectivity index (χ4v) is 1.83. The highest BCUT2D eigenvalue weighted by Gasteiger charge is 2.08. The van der Waals surface area contributed by atoms with Crippen LogP contribution in [0.4, 0.5) is 0 Å². The van der Waals surface area contributed by atoms with Crippen LogP contribution >= 0.6 is 11.6 Å². The minimum atomic E-state index is 0.0952. The highest BCUT2D eigenvalue weighted by atomic mass is 35.5. The number of aromatic nitrogens is 1. The first-order valence-corrected chi connectivity index (χ1v) is 5.60. The summed E-state index contributed by atoms with van der Waals surface area (Å²) < 4.78 is 0. The Labute approximate surface area is 98.6 Å². The van der Waals surface area contributed by atoms with Crippen molar-refractivity contribution in [1.82, 2.24) is 4.98 Å². The summed E-state index contributed by atoms with van der Waals surface area (Å²) in [4.78, 5) is 14.8. The Bertz CT molecular complexity index is 519. The maximum absolute atomic E-state index is 11.7. The maximum Gasteiger partial charge on any atom is 0.179 e. The van der Waals surface area contributed by atoms with E-state index in [1.54, 1.807) is 6.07 Å². The molecule has 3 N–H and O–H groups in total. The molecule has 0 amide bonds. The molecule has 84 valence electrons. The molecule has 0 saturated heterocycles. The number of Topliss-reactive ketones (excluding diaryl/α,β-unsaturated/α-hetero) is 1. The van der Waals surface area contributed by atoms with E-state index in [1.165, 1.54) is 0 Å². The number of ketones is 1. The van der Waals surface area contributed by atoms with E-state index in [0.29, 0.717) is 23.7 Å². The van der Waals surface area contributed by atoms with Crippen molar-refractivity contribution in [2.45, 2.75) is 12.8 Å². The average molecular weight is 237 g/mol. The Hall–Kier alpha value is -1.32. The second kappa shape index (κ2) is 4.68. The standard InChI is InChI=1S/C12H13ClN2O/c13-9-3-4-10-8(6-9)7-11(15-10)12(16)2-1-5-14/h3-4,6-7,15H,1-2,5,14H2. The second-order valence-corrected chi connectivity index (χ2v) is 4.17. The molecule has 1 aromatic carbocycles. The summed E-state index contributed by atoms with van der Waals surface area (Å²) in [6.45, 7) is 0.539. The van der Waals surface area contributed by atoms with Crippen LogP contribution in [-0.4, -0.2) is 17.3 Å². The topological polar surface area (TPSA) is 58.9 Å². The third-order valence-electron chi connectivity index (χ3n) is 2.49. The Morgan fingerprint density at radius 1 is 1.38 bits per heavy atom. The van der Waals surface area contributed by atoms with E-state index in [9.17, 15) is 4.79 Å². The first-order valence-electron chi connectivity index (χ1n) is 5.22. The van der Waals surface area contributed by atoms with Crippen LogP contribution in [0, 0.1) is 0 Å². The molecule has 2 aromatic rings. The van der Waals surface area contributed by atoms with E-state index in [4.69, 9.17) is 17.3 Å². The number of fused-ring (bicyclic) bond motifs is 1. The number of carbonyl (C=O) groups excluding carboxylic acids is 1. The first kappa shape index (κ1) is 11.2. The molecular weight excluding hydrogens is 224 g/mol. The van der Waals surface area contributed by atoms with Gasteiger partial charge in [-0.05, 0) is 37.2 Å². The molecule has 0 radical (unpaired) electrons. The minimum Gasteiger partial charge on any atom is -0.352 e. The molecule has 0 fully saturated rings. The van der Waals surface area contributed by atoms with Gasteiger partial charge in [-0.15, -0.1) is 0 Å². The number of benzene rings is 1. The third kappa shape index (κ3) is 2.26. The van der Waals surface area contributed by atoms with Crippen molar-refractivity contribution < 1.29 is 4.79 Å². The lowest BCUT2D eigenvalue weighted by atomic mass is 10.1. The van der Waals surface area contributed by atoms with Gasteiger partial charge in [0.25, 0.3) is 0 Å². The number of nitrogens with one attached hydrogen (secondary N) is 1. The Morgan fingerprint density at radius 3 is 2.94 bits per heavy atom. The van der Waals surface area contributed by atoms with Gasteiger partial charge in [-0.3, -0.25) is 4.79 Å². The highest BCUT2D eigenvalue weighted by molar-refractivity contribution is 6.31. The molecule has 1 aromatic heterocycles. The zero-order valence-electron chi connectivity index (χ0n) is 8.79. The van der Waals surface area contributed by atoms with Crippen LogP contribution in [0.3, 0.4) is 0 Å². The summed E-state index contributed by atoms with van der Waals surface area (Å²) in [7, 11) is 0. The van der Waals surface area contributed by atoms with Crippen LogP contribution in [0.25, 0.3) is 10.9 Å². The molecule has 0 aliphatic heterocycles. The van der Waals surface area contributed by atoms with E-state index >= 15 is 0 Å². The van der Waals surface area contributed by atoms with Crippen molar-refractivity contribution in [3.63, 3.8) is 0 Å². The van der Waals surface area contributed by atoms with Gasteiger partial charge in [0.1, 0.15) is 0 Å². The SMILES string of the molecule is NCCCC(=O)c1cc2cc(Cl)ccc2[nH]1. The summed E-state index contributed by atoms with van der Waals surface area (Å²) in [6.07, 6.45) is 1.20. The summed E-state index contributed by atoms with van der Waals surface area (Å²) >= 11 is 5.88. The number of nitrogens with two attached hydrogens (primary N) is 1. The van der Waals surface area contributed by atoms with E-state index in [0.717, 1.165) is 17.3 Å². The van der Waals surface area contributed by atoms with E-state index < -0.39 is 0 Å². The Kier molecular flexibility index (Phi) is 3.27. The van der Waals surface area contributed by atoms with Crippen molar-refractivity contribution >= 4 is 28.3 Å². The van der Waals surface area contributed by atoms with Gasteiger partial charge < -0.3 is 10.7 Å². The van der Waals surface area contributed by atoms with Crippen LogP contribution in [0.2, 0.25) is 5.02 Å². The third-order valence-corrected chi connectivity index (χ3v) is 2.73. The van der Waals surface area contributed by atoms with Crippen LogP contribution in [0.1, 0.15) is 23.3 Å². The van der Waals surface area contributed by atoms with Gasteiger partial charge in [0.2, 0.25) is 0 Å². The summed E-state index contributed by atoms with van der Waals surface area (Å²) in [5.74, 6) is 0.0952. The first-order chi connectivity index (χ1) is 7.70. The monoisotopic (exact) mass is 236 g/mol. The van der Waals surface area contributed by atoms with E-state index in [1.807, 2.05) is 18.2 Å². The predicted molar refractivity (Wildman–Crippen MR) is 65.9 cm³/mol. The predicted octanol–water partition coefficient (Wildman–Crippen LogP) is 2.74. The maximum atomic E-state index is 11.7. The lowest BCUT2D eigenvalue weighted by Gasteiger charge is -1.94. The summed E-state index contributed by atoms with van der Waals surface area (Å²) in [5.41, 5.74) is 6.93. The lowest BCUT2D eigenvalue weighted by Crippen LogP contribution is -2.04. The van der Waals surface area contributed by atoms with Gasteiger partial charge in [0.05, 0.1) is 5.69 Å². The highest BCUT2D eigenvalue weighted by Crippen LogP contribution is 2.20. The smallest absolute Gasteiger partial charge is 0.179 e. The lowest BCUT2D eigenvalue weighted by molar-refractivity contribution is 0.0977. The van der Waals surface area contributed by atoms with Crippen molar-refractivity contribution in [1.29, 1.82) is 0 Å². The Morgan fingerprint density at radius 2 is 2.19 bits per heavy atom. The number of halogens is 1. The molecule has 1 heterocycles. The summed E-state index contributed by atoms with van der Waals surface area (Å²) in [5, 5.41) is 1.64. The zero-order chi connectivity index (χ0) is 11.5. The normalized spacial score (nSPS) is 10.9. The van der Waals surface area contributed by atoms with E-state index in [-0.39, 0.29) is 5.78 Å². The van der Waals surface area contributed by atoms with Gasteiger partial charge in [-0.25, -0.2) is 0 Å². The number of rotatable bonds is 4. The Balaban J connectivity index is 2.28. The molecule has 16 heavy (non-hydrogen) atoms. The van der Waals surface area contributed by atoms with Gasteiger partial charge >= 0.3 is 0 Å². The van der Waals surface area contributed by atoms with Gasteiger partial charge in [0, 0.05) is 22.3 Å². The molecule has 0 saturated carbocycles. The average Bonchev–Trinajstić information content (AvgIpc) is 2.68. The molecule has 0 aliphatic rings. The van der Waals surface area contributed by atoms with Crippen molar-refractivity contribution in [3.8, 4) is 0 Å². The van der Waals surface area contributed by atoms with Crippen molar-refractivity contribution in [2.24, 2.45) is 5.73 Å². The summed E-state index contributed by atoms with van der Waals surface area (Å²) in [6, 6.07) is 7.35. The number of aromatic amines is 1. The molecule has 0 spiro atoms. The quantitative estimate of drug-likeness (QED) is 0.802. The number of hydrogen-bond acceptors (Lipinski definition) is 2. The van der Waals surface area contributed by atoms with E-state index in [2.05, 4.69) is 4.98 Å². The molecule has 0 aliphatic carbocycles. The second-order valence-electron chi connectivity index (χ2n) is 3.73. The number of carbonyl (C=O) groups is 1. The largest absolute Gasteiger partial charge is 0.352 e. The number of hydrogen-bond donors (Lipinski definition) is 2. The van der Waals surface area contributed by atoms with Gasteiger partial charge in [-0.2, -0.15) is 0 Å². The molecule has 3 nitrogen and oxygen atoms in total.